The van der Waals surface area contributed by atoms with Crippen LogP contribution in [0.25, 0.3) is 121 Å². The molecule has 0 spiro atoms. The van der Waals surface area contributed by atoms with E-state index in [0.717, 1.165) is 66.2 Å². The summed E-state index contributed by atoms with van der Waals surface area (Å²) in [7, 11) is 0. The van der Waals surface area contributed by atoms with E-state index in [1.807, 2.05) is 0 Å². The third-order valence-electron chi connectivity index (χ3n) is 12.2. The van der Waals surface area contributed by atoms with Gasteiger partial charge >= 0.3 is 0 Å². The van der Waals surface area contributed by atoms with Crippen LogP contribution in [-0.4, -0.2) is 9.97 Å². The van der Waals surface area contributed by atoms with Crippen LogP contribution in [0.3, 0.4) is 0 Å². The monoisotopic (exact) mass is 760 g/mol. The van der Waals surface area contributed by atoms with Crippen LogP contribution in [0.15, 0.2) is 218 Å². The van der Waals surface area contributed by atoms with E-state index in [-0.39, 0.29) is 0 Å². The lowest BCUT2D eigenvalue weighted by Crippen LogP contribution is -1.89. The molecule has 12 aromatic rings. The molecule has 278 valence electrons. The van der Waals surface area contributed by atoms with Crippen LogP contribution in [0.4, 0.5) is 0 Å². The average molecular weight is 761 g/mol. The number of fused-ring (bicyclic) bond motifs is 8. The Morgan fingerprint density at radius 3 is 0.933 bits per heavy atom. The Bertz CT molecular complexity index is 3400. The molecule has 0 aliphatic rings. The van der Waals surface area contributed by atoms with E-state index in [1.165, 1.54) is 54.6 Å². The molecule has 2 heterocycles. The molecule has 0 fully saturated rings. The van der Waals surface area contributed by atoms with Crippen LogP contribution >= 0.6 is 0 Å². The van der Waals surface area contributed by atoms with Gasteiger partial charge in [-0.1, -0.05) is 182 Å². The van der Waals surface area contributed by atoms with Gasteiger partial charge in [-0.2, -0.15) is 0 Å². The fourth-order valence-electron chi connectivity index (χ4n) is 8.90. The number of rotatable bonds is 5. The highest BCUT2D eigenvalue weighted by molar-refractivity contribution is 6.09. The topological polar surface area (TPSA) is 25.8 Å². The molecule has 10 aromatic carbocycles. The quantitative estimate of drug-likeness (QED) is 0.163. The van der Waals surface area contributed by atoms with Gasteiger partial charge in [-0.25, -0.2) is 9.97 Å². The van der Waals surface area contributed by atoms with E-state index in [4.69, 9.17) is 9.97 Å². The van der Waals surface area contributed by atoms with Crippen molar-refractivity contribution in [1.29, 1.82) is 0 Å². The van der Waals surface area contributed by atoms with Gasteiger partial charge < -0.3 is 0 Å². The van der Waals surface area contributed by atoms with Gasteiger partial charge in [0.25, 0.3) is 0 Å². The fourth-order valence-corrected chi connectivity index (χ4v) is 8.90. The highest BCUT2D eigenvalue weighted by Gasteiger charge is 2.11. The third kappa shape index (κ3) is 5.97. The minimum absolute atomic E-state index is 0.965. The van der Waals surface area contributed by atoms with Crippen molar-refractivity contribution in [2.75, 3.05) is 0 Å². The molecular formula is C58H36N2. The largest absolute Gasteiger partial charge is 0.247 e. The van der Waals surface area contributed by atoms with E-state index < -0.39 is 0 Å². The van der Waals surface area contributed by atoms with Gasteiger partial charge in [-0.05, 0) is 102 Å². The molecule has 0 atom stereocenters. The molecule has 2 aromatic heterocycles. The first kappa shape index (κ1) is 34.1. The van der Waals surface area contributed by atoms with Crippen molar-refractivity contribution in [3.63, 3.8) is 0 Å². The molecule has 0 saturated heterocycles. The zero-order valence-electron chi connectivity index (χ0n) is 32.7. The molecule has 60 heavy (non-hydrogen) atoms. The smallest absolute Gasteiger partial charge is 0.0788 e. The third-order valence-corrected chi connectivity index (χ3v) is 12.2. The molecule has 0 unspecified atom stereocenters. The zero-order valence-corrected chi connectivity index (χ0v) is 32.7. The van der Waals surface area contributed by atoms with Crippen LogP contribution in [0, 0.1) is 0 Å². The molecular weight excluding hydrogens is 725 g/mol. The second kappa shape index (κ2) is 13.9. The SMILES string of the molecule is c1ccc2cc(-c3ccc4ccc5ccc(-c6ccc(-c7ccc(-c8ccc9ccc%10ccc(-c%11ccc%12ccccc%12c%11)cc%10c9n8)cc7)cc6)nc5c4c3)ccc2c1. The Hall–Kier alpha value is -7.94. The van der Waals surface area contributed by atoms with Crippen LogP contribution in [-0.2, 0) is 0 Å². The Balaban J connectivity index is 0.835. The molecule has 0 amide bonds. The number of nitrogens with zero attached hydrogens (tertiary/aromatic N) is 2. The predicted octanol–water partition coefficient (Wildman–Crippen LogP) is 15.7. The van der Waals surface area contributed by atoms with Crippen molar-refractivity contribution < 1.29 is 0 Å². The Morgan fingerprint density at radius 2 is 0.500 bits per heavy atom. The van der Waals surface area contributed by atoms with Crippen molar-refractivity contribution in [1.82, 2.24) is 9.97 Å². The van der Waals surface area contributed by atoms with Crippen molar-refractivity contribution in [3.05, 3.63) is 218 Å². The number of benzene rings is 10. The summed E-state index contributed by atoms with van der Waals surface area (Å²) in [6.07, 6.45) is 0. The van der Waals surface area contributed by atoms with Gasteiger partial charge in [0.05, 0.1) is 22.4 Å². The summed E-state index contributed by atoms with van der Waals surface area (Å²) in [6, 6.07) is 78.9. The van der Waals surface area contributed by atoms with Crippen LogP contribution in [0.5, 0.6) is 0 Å². The highest BCUT2D eigenvalue weighted by atomic mass is 14.7. The molecule has 0 bridgehead atoms. The number of aromatic nitrogens is 2. The van der Waals surface area contributed by atoms with Gasteiger partial charge in [0.2, 0.25) is 0 Å². The maximum Gasteiger partial charge on any atom is 0.0788 e. The summed E-state index contributed by atoms with van der Waals surface area (Å²) in [6.45, 7) is 0. The van der Waals surface area contributed by atoms with E-state index in [9.17, 15) is 0 Å². The fraction of sp³-hybridized carbons (Fsp3) is 0. The first-order valence-corrected chi connectivity index (χ1v) is 20.5. The van der Waals surface area contributed by atoms with Crippen LogP contribution in [0.1, 0.15) is 0 Å². The lowest BCUT2D eigenvalue weighted by molar-refractivity contribution is 1.40. The van der Waals surface area contributed by atoms with Crippen molar-refractivity contribution in [2.45, 2.75) is 0 Å². The van der Waals surface area contributed by atoms with Gasteiger partial charge in [-0.3, -0.25) is 0 Å². The van der Waals surface area contributed by atoms with E-state index in [2.05, 4.69) is 218 Å². The minimum Gasteiger partial charge on any atom is -0.247 e. The van der Waals surface area contributed by atoms with Gasteiger partial charge in [-0.15, -0.1) is 0 Å². The van der Waals surface area contributed by atoms with Crippen molar-refractivity contribution in [3.8, 4) is 55.9 Å². The average Bonchev–Trinajstić information content (AvgIpc) is 3.33. The Morgan fingerprint density at radius 1 is 0.200 bits per heavy atom. The maximum absolute atomic E-state index is 5.27. The van der Waals surface area contributed by atoms with Gasteiger partial charge in [0.1, 0.15) is 0 Å². The second-order valence-corrected chi connectivity index (χ2v) is 15.8. The van der Waals surface area contributed by atoms with Gasteiger partial charge in [0.15, 0.2) is 0 Å². The normalized spacial score (nSPS) is 11.7. The number of hydrogen-bond donors (Lipinski definition) is 0. The highest BCUT2D eigenvalue weighted by Crippen LogP contribution is 2.35. The van der Waals surface area contributed by atoms with Gasteiger partial charge in [0, 0.05) is 32.7 Å². The van der Waals surface area contributed by atoms with Crippen LogP contribution in [0.2, 0.25) is 0 Å². The first-order chi connectivity index (χ1) is 29.7. The summed E-state index contributed by atoms with van der Waals surface area (Å²) in [5, 5.41) is 12.0. The van der Waals surface area contributed by atoms with Crippen LogP contribution < -0.4 is 0 Å². The summed E-state index contributed by atoms with van der Waals surface area (Å²) < 4.78 is 0. The zero-order chi connectivity index (χ0) is 39.6. The lowest BCUT2D eigenvalue weighted by Gasteiger charge is -2.11. The molecule has 2 nitrogen and oxygen atoms in total. The molecule has 0 aliphatic carbocycles. The Kier molecular flexibility index (Phi) is 7.89. The van der Waals surface area contributed by atoms with E-state index >= 15 is 0 Å². The number of hydrogen-bond acceptors (Lipinski definition) is 2. The Labute approximate surface area is 347 Å². The number of pyridine rings is 2. The summed E-state index contributed by atoms with van der Waals surface area (Å²) in [5.41, 5.74) is 13.3. The molecule has 0 aliphatic heterocycles. The minimum atomic E-state index is 0.965. The molecule has 0 saturated carbocycles. The maximum atomic E-state index is 5.27. The lowest BCUT2D eigenvalue weighted by atomic mass is 9.97. The molecule has 0 radical (unpaired) electrons. The summed E-state index contributed by atoms with van der Waals surface area (Å²) >= 11 is 0. The van der Waals surface area contributed by atoms with Crippen molar-refractivity contribution in [2.24, 2.45) is 0 Å². The standard InChI is InChI=1S/C58H36N2/c1-3-7-47-33-49(25-13-37(47)5-1)51-27-17-41-15-23-45-29-31-55(59-57(45)53(41)35-51)43-19-9-39(10-20-43)40-11-21-44(22-12-40)56-32-30-46-24-16-42-18-28-52(36-54(42)58(46)60-56)50-26-14-38-6-2-4-8-48(38)34-50/h1-36H. The van der Waals surface area contributed by atoms with E-state index in [1.54, 1.807) is 0 Å². The molecule has 2 heteroatoms. The van der Waals surface area contributed by atoms with E-state index in [0.29, 0.717) is 0 Å². The second-order valence-electron chi connectivity index (χ2n) is 15.8. The summed E-state index contributed by atoms with van der Waals surface area (Å²) in [4.78, 5) is 10.5. The summed E-state index contributed by atoms with van der Waals surface area (Å²) in [5.74, 6) is 0. The first-order valence-electron chi connectivity index (χ1n) is 20.5. The predicted molar refractivity (Wildman–Crippen MR) is 254 cm³/mol. The molecule has 0 N–H and O–H groups in total. The van der Waals surface area contributed by atoms with Crippen molar-refractivity contribution >= 4 is 64.9 Å². The molecule has 12 rings (SSSR count).